The first-order valence-electron chi connectivity index (χ1n) is 47.2. The molecule has 0 radical (unpaired) electrons. The van der Waals surface area contributed by atoms with Crippen molar-refractivity contribution in [3.8, 4) is 175 Å². The van der Waals surface area contributed by atoms with Crippen LogP contribution in [0.4, 0.5) is 0 Å². The lowest BCUT2D eigenvalue weighted by atomic mass is 9.95. The number of nitrogens with zero attached hydrogens (tertiary/aromatic N) is 10. The minimum absolute atomic E-state index is 0.629. The summed E-state index contributed by atoms with van der Waals surface area (Å²) in [6, 6.07) is 156. The maximum atomic E-state index is 6.46. The van der Waals surface area contributed by atoms with Crippen LogP contribution in [0.25, 0.3) is 295 Å². The highest BCUT2D eigenvalue weighted by molar-refractivity contribution is 6.31. The molecule has 9 heterocycles. The maximum Gasteiger partial charge on any atom is 0.235 e. The fraction of sp³-hybridized carbons (Fsp3) is 0. The van der Waals surface area contributed by atoms with E-state index in [1.165, 1.54) is 88.0 Å². The van der Waals surface area contributed by atoms with E-state index in [1.54, 1.807) is 0 Å². The number of aromatic nitrogens is 10. The second-order valence-electron chi connectivity index (χ2n) is 35.8. The second kappa shape index (κ2) is 31.2. The largest absolute Gasteiger partial charge is 0.456 e. The summed E-state index contributed by atoms with van der Waals surface area (Å²) in [6.45, 7) is 0. The SMILES string of the molecule is c1ccc(-c2nc(-c3ccccc3)nc(-c3ccc(-n4c(-c5ccccc5)c5c6c(cccc64)-c4cccc6oc7cccc-5c7c46)cc3)n2)cc1.c1ccc(-c2nc(-n3c(-c4ccccc4)c4c5c(cccc53)-c3cccc5oc6cccc-4c6c35)nc3ccccc23)cc1.c1ccc(-c2nc3ccccc3nc2-n2c(-c3ccccc3)c3c4c(cccc42)-c2cccc4oc5cccc-3c5c24)cc1. The Labute approximate surface area is 800 Å². The van der Waals surface area contributed by atoms with E-state index in [9.17, 15) is 0 Å². The highest BCUT2D eigenvalue weighted by Gasteiger charge is 2.36. The van der Waals surface area contributed by atoms with Crippen molar-refractivity contribution in [1.29, 1.82) is 0 Å². The molecule has 0 saturated heterocycles. The second-order valence-corrected chi connectivity index (χ2v) is 35.8. The molecule has 0 bridgehead atoms. The average molecular weight is 1790 g/mol. The van der Waals surface area contributed by atoms with Crippen LogP contribution >= 0.6 is 0 Å². The van der Waals surface area contributed by atoms with Gasteiger partial charge in [0.25, 0.3) is 0 Å². The predicted molar refractivity (Wildman–Crippen MR) is 568 cm³/mol. The molecule has 0 amide bonds. The highest BCUT2D eigenvalue weighted by Crippen LogP contribution is 2.59. The lowest BCUT2D eigenvalue weighted by molar-refractivity contribution is 0.668. The maximum absolute atomic E-state index is 6.46. The zero-order valence-corrected chi connectivity index (χ0v) is 74.9. The molecule has 13 heteroatoms. The van der Waals surface area contributed by atoms with E-state index >= 15 is 0 Å². The first-order valence-corrected chi connectivity index (χ1v) is 47.2. The predicted octanol–water partition coefficient (Wildman–Crippen LogP) is 32.9. The summed E-state index contributed by atoms with van der Waals surface area (Å²) in [4.78, 5) is 36.1. The third-order valence-corrected chi connectivity index (χ3v) is 28.1. The quantitative estimate of drug-likeness (QED) is 0.123. The third kappa shape index (κ3) is 12.0. The lowest BCUT2D eigenvalue weighted by Gasteiger charge is -2.17. The van der Waals surface area contributed by atoms with Crippen LogP contribution < -0.4 is 0 Å². The monoisotopic (exact) mass is 1790 g/mol. The molecule has 0 aliphatic heterocycles. The fourth-order valence-corrected chi connectivity index (χ4v) is 22.3. The Hall–Kier alpha value is -19.1. The number of fused-ring (bicyclic) bond motifs is 8. The fourth-order valence-electron chi connectivity index (χ4n) is 22.3. The van der Waals surface area contributed by atoms with Crippen LogP contribution in [0.5, 0.6) is 0 Å². The van der Waals surface area contributed by atoms with Crippen molar-refractivity contribution in [3.63, 3.8) is 0 Å². The summed E-state index contributed by atoms with van der Waals surface area (Å²) in [5.41, 5.74) is 39.9. The average Bonchev–Trinajstić information content (AvgIpc) is 1.54. The van der Waals surface area contributed by atoms with E-state index in [0.717, 1.165) is 184 Å². The Kier molecular flexibility index (Phi) is 17.5. The van der Waals surface area contributed by atoms with Crippen molar-refractivity contribution < 1.29 is 13.3 Å². The van der Waals surface area contributed by atoms with Crippen LogP contribution in [0.1, 0.15) is 0 Å². The van der Waals surface area contributed by atoms with E-state index in [2.05, 4.69) is 359 Å². The molecule has 13 nitrogen and oxygen atoms in total. The summed E-state index contributed by atoms with van der Waals surface area (Å²) in [5.74, 6) is 3.37. The van der Waals surface area contributed by atoms with Crippen LogP contribution in [0.3, 0.4) is 0 Å². The van der Waals surface area contributed by atoms with Gasteiger partial charge in [0.2, 0.25) is 5.95 Å². The molecular weight excluding hydrogens is 1710 g/mol. The summed E-state index contributed by atoms with van der Waals surface area (Å²) in [5, 5.41) is 11.6. The van der Waals surface area contributed by atoms with Gasteiger partial charge < -0.3 is 17.8 Å². The van der Waals surface area contributed by atoms with Gasteiger partial charge in [-0.15, -0.1) is 0 Å². The zero-order chi connectivity index (χ0) is 91.7. The van der Waals surface area contributed by atoms with Crippen LogP contribution in [0.15, 0.2) is 462 Å². The molecule has 9 aromatic heterocycles. The summed E-state index contributed by atoms with van der Waals surface area (Å²) >= 11 is 0. The lowest BCUT2D eigenvalue weighted by Crippen LogP contribution is -2.05. The van der Waals surface area contributed by atoms with E-state index < -0.39 is 0 Å². The molecule has 0 spiro atoms. The number of benzene rings is 19. The van der Waals surface area contributed by atoms with Gasteiger partial charge in [0.15, 0.2) is 23.3 Å². The Morgan fingerprint density at radius 1 is 0.171 bits per heavy atom. The minimum atomic E-state index is 0.629. The number of furan rings is 3. The molecule has 3 aliphatic rings. The van der Waals surface area contributed by atoms with Gasteiger partial charge >= 0.3 is 0 Å². The van der Waals surface area contributed by atoms with E-state index in [0.29, 0.717) is 23.4 Å². The van der Waals surface area contributed by atoms with E-state index in [-0.39, 0.29) is 0 Å². The molecule has 19 aromatic carbocycles. The summed E-state index contributed by atoms with van der Waals surface area (Å²) in [7, 11) is 0. The molecule has 0 fully saturated rings. The van der Waals surface area contributed by atoms with Gasteiger partial charge in [-0.25, -0.2) is 34.9 Å². The molecular formula is C127H74N10O3. The molecule has 31 rings (SSSR count). The Morgan fingerprint density at radius 3 is 0.857 bits per heavy atom. The van der Waals surface area contributed by atoms with Gasteiger partial charge in [-0.3, -0.25) is 9.13 Å². The summed E-state index contributed by atoms with van der Waals surface area (Å²) in [6.07, 6.45) is 0. The van der Waals surface area contributed by atoms with Gasteiger partial charge in [-0.1, -0.05) is 352 Å². The molecule has 0 unspecified atom stereocenters. The Bertz CT molecular complexity index is 9930. The highest BCUT2D eigenvalue weighted by atomic mass is 16.3. The van der Waals surface area contributed by atoms with Gasteiger partial charge in [-0.2, -0.15) is 0 Å². The van der Waals surface area contributed by atoms with Crippen molar-refractivity contribution in [2.24, 2.45) is 0 Å². The normalized spacial score (nSPS) is 12.0. The minimum Gasteiger partial charge on any atom is -0.456 e. The molecule has 0 saturated carbocycles. The molecule has 28 aromatic rings. The van der Waals surface area contributed by atoms with Gasteiger partial charge in [0, 0.05) is 104 Å². The standard InChI is InChI=1S/C47H28N4O.2C40H23N3O/c1-4-13-29(14-5-1)44-43-36-21-12-24-39-42(36)41-35(20-11-23-38(41)52-39)34-19-10-22-37(40(34)43)51(44)33-27-25-32(26-28-33)47-49-45(30-15-6-2-7-16-30)48-46(50-47)31-17-8-3-9-18-31;1-3-12-24(13-4-1)38-40(42-30-20-8-7-19-29(30)41-38)43-31-21-9-16-26-27-17-10-22-32-35(27)36-28(18-11-23-33(36)44-32)37(34(26)31)39(43)25-14-5-2-6-15-25;1-3-12-24(13-4-1)38-28-16-7-8-20-30(28)41-40(42-38)43-31-21-9-17-26-27-18-10-22-32-35(27)36-29(19-11-23-33(36)44-32)37(34(26)31)39(43)25-14-5-2-6-15-25/h1-28H;2*1-23H. The third-order valence-electron chi connectivity index (χ3n) is 28.1. The van der Waals surface area contributed by atoms with E-state index in [1.807, 2.05) is 103 Å². The van der Waals surface area contributed by atoms with Crippen molar-refractivity contribution in [2.75, 3.05) is 0 Å². The van der Waals surface area contributed by atoms with Crippen molar-refractivity contribution >= 4 is 120 Å². The van der Waals surface area contributed by atoms with Crippen LogP contribution in [-0.2, 0) is 0 Å². The van der Waals surface area contributed by atoms with Gasteiger partial charge in [0.1, 0.15) is 39.2 Å². The first-order chi connectivity index (χ1) is 69.5. The zero-order valence-electron chi connectivity index (χ0n) is 74.9. The molecule has 140 heavy (non-hydrogen) atoms. The summed E-state index contributed by atoms with van der Waals surface area (Å²) < 4.78 is 26.4. The van der Waals surface area contributed by atoms with Crippen molar-refractivity contribution in [2.45, 2.75) is 0 Å². The van der Waals surface area contributed by atoms with Crippen molar-refractivity contribution in [1.82, 2.24) is 48.6 Å². The number of rotatable bonds is 11. The van der Waals surface area contributed by atoms with Crippen molar-refractivity contribution in [3.05, 3.63) is 449 Å². The van der Waals surface area contributed by atoms with Crippen LogP contribution in [0.2, 0.25) is 0 Å². The van der Waals surface area contributed by atoms with Gasteiger partial charge in [-0.05, 0) is 164 Å². The Balaban J connectivity index is 0.000000101. The van der Waals surface area contributed by atoms with Crippen LogP contribution in [-0.4, -0.2) is 48.6 Å². The van der Waals surface area contributed by atoms with Crippen LogP contribution in [0, 0.1) is 0 Å². The molecule has 0 atom stereocenters. The van der Waals surface area contributed by atoms with Gasteiger partial charge in [0.05, 0.1) is 55.9 Å². The van der Waals surface area contributed by atoms with E-state index in [4.69, 9.17) is 48.1 Å². The smallest absolute Gasteiger partial charge is 0.235 e. The number of para-hydroxylation sites is 3. The first kappa shape index (κ1) is 78.4. The molecule has 0 N–H and O–H groups in total. The topological polar surface area (TPSA) is 144 Å². The molecule has 3 aliphatic carbocycles. The Morgan fingerprint density at radius 2 is 0.457 bits per heavy atom. The number of hydrogen-bond donors (Lipinski definition) is 0. The number of hydrogen-bond acceptors (Lipinski definition) is 10. The molecule has 650 valence electrons.